The number of pyridine rings is 1. The number of hydrogen-bond donors (Lipinski definition) is 3. The number of aromatic nitrogens is 1. The molecule has 0 saturated carbocycles. The fourth-order valence-electron chi connectivity index (χ4n) is 5.92. The maximum atomic E-state index is 14.0. The van der Waals surface area contributed by atoms with Crippen LogP contribution in [0.25, 0.3) is 0 Å². The van der Waals surface area contributed by atoms with Gasteiger partial charge in [-0.05, 0) is 74.6 Å². The Morgan fingerprint density at radius 3 is 2.41 bits per heavy atom. The van der Waals surface area contributed by atoms with E-state index in [4.69, 9.17) is 9.81 Å². The number of carbonyl (C=O) groups is 2. The van der Waals surface area contributed by atoms with Crippen LogP contribution < -0.4 is 20.4 Å². The monoisotopic (exact) mass is 664 g/mol. The SMILES string of the molecule is N#Cc1ccc(CCNC(=O)[C@@H]2CCCN2c2cc(N3CCC(CCCC(=O)NCCS(=O)(=O)O)CC3)cc(C(F)(F)F)n2)cc1. The molecule has 2 fully saturated rings. The molecule has 0 radical (unpaired) electrons. The lowest BCUT2D eigenvalue weighted by Gasteiger charge is -2.35. The highest BCUT2D eigenvalue weighted by Gasteiger charge is 2.37. The number of amides is 2. The number of nitriles is 1. The van der Waals surface area contributed by atoms with Gasteiger partial charge in [-0.25, -0.2) is 4.98 Å². The van der Waals surface area contributed by atoms with E-state index in [0.717, 1.165) is 30.9 Å². The van der Waals surface area contributed by atoms with E-state index in [1.807, 2.05) is 17.0 Å². The summed E-state index contributed by atoms with van der Waals surface area (Å²) in [5.41, 5.74) is 0.896. The molecule has 46 heavy (non-hydrogen) atoms. The summed E-state index contributed by atoms with van der Waals surface area (Å²) < 4.78 is 72.2. The van der Waals surface area contributed by atoms with Gasteiger partial charge in [0.25, 0.3) is 10.1 Å². The summed E-state index contributed by atoms with van der Waals surface area (Å²) in [7, 11) is -4.14. The number of rotatable bonds is 13. The van der Waals surface area contributed by atoms with E-state index in [0.29, 0.717) is 69.0 Å². The Kier molecular flexibility index (Phi) is 11.9. The predicted molar refractivity (Wildman–Crippen MR) is 166 cm³/mol. The first kappa shape index (κ1) is 35.0. The van der Waals surface area contributed by atoms with Crippen molar-refractivity contribution in [3.05, 3.63) is 53.2 Å². The van der Waals surface area contributed by atoms with Crippen molar-refractivity contribution in [2.24, 2.45) is 5.92 Å². The van der Waals surface area contributed by atoms with Crippen LogP contribution in [0.15, 0.2) is 36.4 Å². The van der Waals surface area contributed by atoms with Gasteiger partial charge in [0.05, 0.1) is 17.4 Å². The van der Waals surface area contributed by atoms with Gasteiger partial charge in [-0.15, -0.1) is 0 Å². The fraction of sp³-hybridized carbons (Fsp3) is 0.548. The number of piperidine rings is 1. The van der Waals surface area contributed by atoms with Crippen LogP contribution in [0.2, 0.25) is 0 Å². The van der Waals surface area contributed by atoms with Crippen molar-refractivity contribution in [1.29, 1.82) is 5.26 Å². The van der Waals surface area contributed by atoms with Crippen LogP contribution in [-0.4, -0.2) is 74.3 Å². The van der Waals surface area contributed by atoms with Crippen molar-refractivity contribution in [3.63, 3.8) is 0 Å². The van der Waals surface area contributed by atoms with Crippen LogP contribution in [-0.2, 0) is 32.3 Å². The largest absolute Gasteiger partial charge is 0.433 e. The van der Waals surface area contributed by atoms with Crippen molar-refractivity contribution in [3.8, 4) is 6.07 Å². The highest BCUT2D eigenvalue weighted by molar-refractivity contribution is 7.85. The molecular weight excluding hydrogens is 625 g/mol. The van der Waals surface area contributed by atoms with E-state index in [9.17, 15) is 31.2 Å². The summed E-state index contributed by atoms with van der Waals surface area (Å²) in [6, 6.07) is 11.2. The predicted octanol–water partition coefficient (Wildman–Crippen LogP) is 3.69. The maximum absolute atomic E-state index is 14.0. The number of nitrogens with zero attached hydrogens (tertiary/aromatic N) is 4. The summed E-state index contributed by atoms with van der Waals surface area (Å²) >= 11 is 0. The lowest BCUT2D eigenvalue weighted by atomic mass is 9.91. The molecule has 2 amide bonds. The minimum atomic E-state index is -4.66. The maximum Gasteiger partial charge on any atom is 0.433 e. The normalized spacial score (nSPS) is 17.5. The highest BCUT2D eigenvalue weighted by Crippen LogP contribution is 2.36. The Balaban J connectivity index is 1.33. The number of carbonyl (C=O) groups excluding carboxylic acids is 2. The van der Waals surface area contributed by atoms with Crippen molar-refractivity contribution >= 4 is 33.4 Å². The highest BCUT2D eigenvalue weighted by atomic mass is 32.2. The molecule has 0 aliphatic carbocycles. The average molecular weight is 665 g/mol. The molecule has 1 aromatic carbocycles. The number of nitrogens with one attached hydrogen (secondary N) is 2. The van der Waals surface area contributed by atoms with Crippen LogP contribution in [0, 0.1) is 17.2 Å². The van der Waals surface area contributed by atoms with Gasteiger partial charge < -0.3 is 20.4 Å². The molecule has 3 heterocycles. The summed E-state index contributed by atoms with van der Waals surface area (Å²) in [5.74, 6) is -0.695. The lowest BCUT2D eigenvalue weighted by Crippen LogP contribution is -2.44. The van der Waals surface area contributed by atoms with Gasteiger partial charge in [0, 0.05) is 50.9 Å². The summed E-state index contributed by atoms with van der Waals surface area (Å²) in [4.78, 5) is 32.6. The van der Waals surface area contributed by atoms with Crippen molar-refractivity contribution in [2.75, 3.05) is 48.3 Å². The first-order valence-electron chi connectivity index (χ1n) is 15.4. The molecule has 2 saturated heterocycles. The first-order chi connectivity index (χ1) is 21.8. The van der Waals surface area contributed by atoms with E-state index in [1.54, 1.807) is 23.1 Å². The molecule has 1 aromatic heterocycles. The number of alkyl halides is 3. The molecule has 4 rings (SSSR count). The van der Waals surface area contributed by atoms with Crippen molar-refractivity contribution < 1.29 is 35.7 Å². The molecular formula is C31H39F3N6O5S. The molecule has 15 heteroatoms. The molecule has 0 unspecified atom stereocenters. The van der Waals surface area contributed by atoms with Crippen molar-refractivity contribution in [1.82, 2.24) is 15.6 Å². The zero-order valence-electron chi connectivity index (χ0n) is 25.4. The number of hydrogen-bond acceptors (Lipinski definition) is 8. The molecule has 2 aliphatic heterocycles. The molecule has 1 atom stereocenters. The Bertz CT molecular complexity index is 1510. The van der Waals surface area contributed by atoms with Gasteiger partial charge in [0.15, 0.2) is 0 Å². The summed E-state index contributed by atoms with van der Waals surface area (Å²) in [6.45, 7) is 1.67. The number of halogens is 3. The fourth-order valence-corrected chi connectivity index (χ4v) is 6.28. The van der Waals surface area contributed by atoms with Gasteiger partial charge in [0.2, 0.25) is 11.8 Å². The number of anilines is 2. The Morgan fingerprint density at radius 1 is 1.04 bits per heavy atom. The second kappa shape index (κ2) is 15.6. The summed E-state index contributed by atoms with van der Waals surface area (Å²) in [6.07, 6.45) is 0.0600. The van der Waals surface area contributed by atoms with Crippen LogP contribution in [0.4, 0.5) is 24.7 Å². The topological polar surface area (TPSA) is 156 Å². The van der Waals surface area contributed by atoms with E-state index in [2.05, 4.69) is 21.7 Å². The molecule has 250 valence electrons. The van der Waals surface area contributed by atoms with E-state index in [1.165, 1.54) is 0 Å². The third-order valence-corrected chi connectivity index (χ3v) is 9.13. The average Bonchev–Trinajstić information content (AvgIpc) is 3.51. The Morgan fingerprint density at radius 2 is 1.76 bits per heavy atom. The number of benzene rings is 1. The van der Waals surface area contributed by atoms with E-state index >= 15 is 0 Å². The van der Waals surface area contributed by atoms with Crippen LogP contribution in [0.5, 0.6) is 0 Å². The zero-order valence-corrected chi connectivity index (χ0v) is 26.2. The molecule has 0 bridgehead atoms. The van der Waals surface area contributed by atoms with Crippen molar-refractivity contribution in [2.45, 2.75) is 63.6 Å². The standard InChI is InChI=1S/C31H39F3N6O5S/c32-31(33,34)27-19-25(39-16-11-22(12-17-39)3-1-5-29(41)36-14-18-46(43,44)45)20-28(38-27)40-15-2-4-26(40)30(42)37-13-10-23-6-8-24(21-35)9-7-23/h6-9,19-20,22,26H,1-5,10-18H2,(H,36,41)(H,37,42)(H,43,44,45)/t26-/m0/s1. The zero-order chi connectivity index (χ0) is 33.3. The summed E-state index contributed by atoms with van der Waals surface area (Å²) in [5, 5.41) is 14.3. The van der Waals surface area contributed by atoms with Gasteiger partial charge >= 0.3 is 6.18 Å². The van der Waals surface area contributed by atoms with Gasteiger partial charge in [-0.2, -0.15) is 26.9 Å². The van der Waals surface area contributed by atoms with Gasteiger partial charge in [0.1, 0.15) is 17.6 Å². The quantitative estimate of drug-likeness (QED) is 0.272. The molecule has 0 spiro atoms. The minimum absolute atomic E-state index is 0.122. The van der Waals surface area contributed by atoms with Crippen LogP contribution in [0.1, 0.15) is 61.8 Å². The molecule has 2 aliphatic rings. The van der Waals surface area contributed by atoms with Crippen LogP contribution in [0.3, 0.4) is 0 Å². The van der Waals surface area contributed by atoms with E-state index < -0.39 is 33.8 Å². The Hall–Kier alpha value is -3.90. The van der Waals surface area contributed by atoms with Crippen LogP contribution >= 0.6 is 0 Å². The smallest absolute Gasteiger partial charge is 0.371 e. The third kappa shape index (κ3) is 10.3. The molecule has 2 aromatic rings. The first-order valence-corrected chi connectivity index (χ1v) is 17.0. The molecule has 3 N–H and O–H groups in total. The minimum Gasteiger partial charge on any atom is -0.371 e. The second-order valence-corrected chi connectivity index (χ2v) is 13.3. The Labute approximate surface area is 266 Å². The van der Waals surface area contributed by atoms with E-state index in [-0.39, 0.29) is 30.6 Å². The lowest BCUT2D eigenvalue weighted by molar-refractivity contribution is -0.141. The third-order valence-electron chi connectivity index (χ3n) is 8.41. The molecule has 11 nitrogen and oxygen atoms in total. The second-order valence-electron chi connectivity index (χ2n) is 11.7. The van der Waals surface area contributed by atoms with Gasteiger partial charge in [-0.1, -0.05) is 12.1 Å². The van der Waals surface area contributed by atoms with Gasteiger partial charge in [-0.3, -0.25) is 14.1 Å².